The molecule has 2 N–H and O–H groups in total. The first-order valence-corrected chi connectivity index (χ1v) is 8.69. The van der Waals surface area contributed by atoms with Crippen LogP contribution in [0.1, 0.15) is 11.1 Å². The summed E-state index contributed by atoms with van der Waals surface area (Å²) in [5, 5.41) is 28.7. The Labute approximate surface area is 97.5 Å². The number of nitrogens with zero attached hydrogens (tertiary/aromatic N) is 1. The fourth-order valence-electron chi connectivity index (χ4n) is 2.06. The topological polar surface area (TPSA) is 64.2 Å². The zero-order chi connectivity index (χ0) is 12.5. The third-order valence-electron chi connectivity index (χ3n) is 2.65. The Morgan fingerprint density at radius 3 is 2.19 bits per heavy atom. The van der Waals surface area contributed by atoms with E-state index < -0.39 is 15.2 Å². The van der Waals surface area contributed by atoms with Crippen molar-refractivity contribution in [2.45, 2.75) is 26.6 Å². The van der Waals surface area contributed by atoms with E-state index in [4.69, 9.17) is 5.26 Å². The Kier molecular flexibility index (Phi) is 3.58. The number of benzene rings is 1. The van der Waals surface area contributed by atoms with Gasteiger partial charge in [0, 0.05) is 0 Å². The normalized spacial score (nSPS) is 11.1. The molecule has 0 aliphatic heterocycles. The fourth-order valence-corrected chi connectivity index (χ4v) is 4.40. The van der Waals surface area contributed by atoms with Gasteiger partial charge in [0.25, 0.3) is 0 Å². The van der Waals surface area contributed by atoms with Gasteiger partial charge in [-0.05, 0) is 24.0 Å². The highest BCUT2D eigenvalue weighted by Crippen LogP contribution is 2.09. The summed E-state index contributed by atoms with van der Waals surface area (Å²) in [6, 6.07) is 5.42. The largest absolute Gasteiger partial charge is 0.488 e. The van der Waals surface area contributed by atoms with Gasteiger partial charge in [-0.3, -0.25) is 0 Å². The van der Waals surface area contributed by atoms with Crippen molar-refractivity contribution in [3.63, 3.8) is 0 Å². The Bertz CT molecular complexity index is 447. The number of nitriles is 1. The second kappa shape index (κ2) is 4.42. The van der Waals surface area contributed by atoms with Crippen molar-refractivity contribution < 1.29 is 10.0 Å². The molecule has 0 aromatic heterocycles. The van der Waals surface area contributed by atoms with Gasteiger partial charge in [-0.2, -0.15) is 5.26 Å². The molecule has 0 heterocycles. The highest BCUT2D eigenvalue weighted by molar-refractivity contribution is 6.92. The molecule has 0 unspecified atom stereocenters. The zero-order valence-corrected chi connectivity index (χ0v) is 11.1. The van der Waals surface area contributed by atoms with Crippen LogP contribution in [0.5, 0.6) is 0 Å². The van der Waals surface area contributed by atoms with Crippen LogP contribution >= 0.6 is 0 Å². The highest BCUT2D eigenvalue weighted by atomic mass is 28.3. The van der Waals surface area contributed by atoms with E-state index in [1.807, 2.05) is 6.92 Å². The monoisotopic (exact) mass is 233 g/mol. The molecule has 0 atom stereocenters. The van der Waals surface area contributed by atoms with Gasteiger partial charge in [-0.1, -0.05) is 30.9 Å². The summed E-state index contributed by atoms with van der Waals surface area (Å²) in [5.41, 5.74) is 2.03. The summed E-state index contributed by atoms with van der Waals surface area (Å²) in [5.74, 6) is 0. The number of rotatable bonds is 2. The molecule has 0 amide bonds. The maximum atomic E-state index is 9.35. The molecule has 1 rings (SSSR count). The van der Waals surface area contributed by atoms with Crippen LogP contribution in [0.25, 0.3) is 0 Å². The Hall–Kier alpha value is -1.09. The first kappa shape index (κ1) is 13.0. The van der Waals surface area contributed by atoms with E-state index in [0.717, 1.165) is 10.8 Å². The third kappa shape index (κ3) is 2.35. The lowest BCUT2D eigenvalue weighted by Crippen LogP contribution is -2.54. The summed E-state index contributed by atoms with van der Waals surface area (Å²) in [4.78, 5) is 0. The van der Waals surface area contributed by atoms with Gasteiger partial charge in [0.05, 0.1) is 19.7 Å². The van der Waals surface area contributed by atoms with Crippen LogP contribution < -0.4 is 10.6 Å². The van der Waals surface area contributed by atoms with Crippen LogP contribution in [-0.2, 0) is 0 Å². The minimum Gasteiger partial charge on any atom is -0.423 e. The predicted octanol–water partition coefficient (Wildman–Crippen LogP) is 0.0917. The average molecular weight is 233 g/mol. The Balaban J connectivity index is 3.58. The molecule has 0 aliphatic carbocycles. The molecule has 0 spiro atoms. The molecule has 0 fully saturated rings. The second-order valence-electron chi connectivity index (χ2n) is 4.94. The van der Waals surface area contributed by atoms with Gasteiger partial charge in [0.2, 0.25) is 0 Å². The molecule has 3 nitrogen and oxygen atoms in total. The lowest BCUT2D eigenvalue weighted by Gasteiger charge is -2.24. The smallest absolute Gasteiger partial charge is 0.423 e. The molecule has 5 heteroatoms. The Morgan fingerprint density at radius 1 is 1.25 bits per heavy atom. The summed E-state index contributed by atoms with van der Waals surface area (Å²) < 4.78 is 0. The summed E-state index contributed by atoms with van der Waals surface area (Å²) >= 11 is 0. The van der Waals surface area contributed by atoms with Crippen molar-refractivity contribution in [3.8, 4) is 6.07 Å². The van der Waals surface area contributed by atoms with E-state index in [2.05, 4.69) is 25.7 Å². The maximum Gasteiger partial charge on any atom is 0.488 e. The van der Waals surface area contributed by atoms with Crippen LogP contribution in [0.4, 0.5) is 0 Å². The van der Waals surface area contributed by atoms with Crippen LogP contribution in [0, 0.1) is 18.3 Å². The quantitative estimate of drug-likeness (QED) is 0.711. The minimum atomic E-state index is -1.70. The van der Waals surface area contributed by atoms with Crippen molar-refractivity contribution >= 4 is 25.8 Å². The van der Waals surface area contributed by atoms with E-state index in [0.29, 0.717) is 11.0 Å². The molecule has 0 saturated heterocycles. The molecule has 0 radical (unpaired) electrons. The van der Waals surface area contributed by atoms with Crippen molar-refractivity contribution in [2.24, 2.45) is 0 Å². The van der Waals surface area contributed by atoms with Gasteiger partial charge in [0.15, 0.2) is 0 Å². The lowest BCUT2D eigenvalue weighted by atomic mass is 9.79. The minimum absolute atomic E-state index is 0.538. The lowest BCUT2D eigenvalue weighted by molar-refractivity contribution is 0.426. The van der Waals surface area contributed by atoms with Crippen molar-refractivity contribution in [1.29, 1.82) is 5.26 Å². The molecule has 0 bridgehead atoms. The van der Waals surface area contributed by atoms with Crippen molar-refractivity contribution in [2.75, 3.05) is 0 Å². The molecule has 84 valence electrons. The summed E-state index contributed by atoms with van der Waals surface area (Å²) in [7, 11) is -3.17. The van der Waals surface area contributed by atoms with Gasteiger partial charge in [-0.25, -0.2) is 0 Å². The van der Waals surface area contributed by atoms with E-state index >= 15 is 0 Å². The van der Waals surface area contributed by atoms with Crippen molar-refractivity contribution in [3.05, 3.63) is 23.3 Å². The summed E-state index contributed by atoms with van der Waals surface area (Å²) in [6.45, 7) is 8.26. The van der Waals surface area contributed by atoms with Crippen LogP contribution in [-0.4, -0.2) is 25.2 Å². The molecule has 16 heavy (non-hydrogen) atoms. The van der Waals surface area contributed by atoms with E-state index in [-0.39, 0.29) is 0 Å². The van der Waals surface area contributed by atoms with Crippen LogP contribution in [0.3, 0.4) is 0 Å². The maximum absolute atomic E-state index is 9.35. The first-order chi connectivity index (χ1) is 7.29. The molecule has 0 aliphatic rings. The van der Waals surface area contributed by atoms with Gasteiger partial charge in [0.1, 0.15) is 0 Å². The third-order valence-corrected chi connectivity index (χ3v) is 4.81. The van der Waals surface area contributed by atoms with E-state index in [1.54, 1.807) is 12.1 Å². The highest BCUT2D eigenvalue weighted by Gasteiger charge is 2.28. The first-order valence-electron chi connectivity index (χ1n) is 5.19. The molecule has 1 aromatic carbocycles. The van der Waals surface area contributed by atoms with Crippen LogP contribution in [0.2, 0.25) is 19.6 Å². The average Bonchev–Trinajstić information content (AvgIpc) is 2.14. The standard InChI is InChI=1S/C11H16BNO2Si/c1-8-9(7-13)5-6-10(12(14)15)11(8)16(2,3)4/h5-6,14-15H,1-4H3. The molecule has 0 saturated carbocycles. The fraction of sp³-hybridized carbons (Fsp3) is 0.364. The zero-order valence-electron chi connectivity index (χ0n) is 10.1. The SMILES string of the molecule is Cc1c(C#N)ccc(B(O)O)c1[Si](C)(C)C. The summed E-state index contributed by atoms with van der Waals surface area (Å²) in [6.07, 6.45) is 0. The molecular formula is C11H16BNO2Si. The van der Waals surface area contributed by atoms with Gasteiger partial charge < -0.3 is 10.0 Å². The number of hydrogen-bond donors (Lipinski definition) is 2. The molecular weight excluding hydrogens is 217 g/mol. The molecule has 1 aromatic rings. The van der Waals surface area contributed by atoms with Gasteiger partial charge in [-0.15, -0.1) is 0 Å². The predicted molar refractivity (Wildman–Crippen MR) is 68.7 cm³/mol. The van der Waals surface area contributed by atoms with Crippen LogP contribution in [0.15, 0.2) is 12.1 Å². The second-order valence-corrected chi connectivity index (χ2v) is 9.94. The number of hydrogen-bond acceptors (Lipinski definition) is 3. The van der Waals surface area contributed by atoms with E-state index in [1.165, 1.54) is 0 Å². The van der Waals surface area contributed by atoms with Gasteiger partial charge >= 0.3 is 7.12 Å². The van der Waals surface area contributed by atoms with Crippen molar-refractivity contribution in [1.82, 2.24) is 0 Å². The Morgan fingerprint density at radius 2 is 1.81 bits per heavy atom. The van der Waals surface area contributed by atoms with E-state index in [9.17, 15) is 10.0 Å².